The summed E-state index contributed by atoms with van der Waals surface area (Å²) in [7, 11) is 0. The van der Waals surface area contributed by atoms with E-state index in [0.717, 1.165) is 5.56 Å². The number of carboxylic acids is 1. The first-order valence-corrected chi connectivity index (χ1v) is 7.11. The van der Waals surface area contributed by atoms with Gasteiger partial charge in [0.25, 0.3) is 5.91 Å². The smallest absolute Gasteiger partial charge is 0.326 e. The first-order valence-electron chi connectivity index (χ1n) is 7.11. The van der Waals surface area contributed by atoms with E-state index in [2.05, 4.69) is 31.1 Å². The summed E-state index contributed by atoms with van der Waals surface area (Å²) in [5, 5.41) is 11.7. The van der Waals surface area contributed by atoms with Gasteiger partial charge in [-0.05, 0) is 29.4 Å². The molecule has 21 heavy (non-hydrogen) atoms. The number of amides is 1. The molecule has 1 rings (SSSR count). The quantitative estimate of drug-likeness (QED) is 0.874. The lowest BCUT2D eigenvalue weighted by molar-refractivity contribution is -0.139. The second-order valence-electron chi connectivity index (χ2n) is 6.68. The van der Waals surface area contributed by atoms with Crippen LogP contribution in [0.1, 0.15) is 57.1 Å². The van der Waals surface area contributed by atoms with Gasteiger partial charge in [0.2, 0.25) is 0 Å². The van der Waals surface area contributed by atoms with Gasteiger partial charge < -0.3 is 10.4 Å². The van der Waals surface area contributed by atoms with E-state index >= 15 is 0 Å². The number of carbonyl (C=O) groups excluding carboxylic acids is 1. The van der Waals surface area contributed by atoms with Crippen molar-refractivity contribution in [1.29, 1.82) is 0 Å². The minimum atomic E-state index is -1.02. The van der Waals surface area contributed by atoms with Crippen LogP contribution in [0, 0.1) is 5.92 Å². The van der Waals surface area contributed by atoms with Gasteiger partial charge in [0.1, 0.15) is 11.7 Å². The summed E-state index contributed by atoms with van der Waals surface area (Å²) in [6.45, 7) is 10.0. The Morgan fingerprint density at radius 2 is 1.90 bits per heavy atom. The maximum Gasteiger partial charge on any atom is 0.326 e. The van der Waals surface area contributed by atoms with Crippen molar-refractivity contribution in [1.82, 2.24) is 10.3 Å². The van der Waals surface area contributed by atoms with Gasteiger partial charge in [0, 0.05) is 6.20 Å². The first kappa shape index (κ1) is 17.1. The third-order valence-corrected chi connectivity index (χ3v) is 3.17. The van der Waals surface area contributed by atoms with E-state index < -0.39 is 17.9 Å². The highest BCUT2D eigenvalue weighted by molar-refractivity contribution is 5.94. The predicted molar refractivity (Wildman–Crippen MR) is 81.3 cm³/mol. The lowest BCUT2D eigenvalue weighted by atomic mass is 9.88. The van der Waals surface area contributed by atoms with Crippen molar-refractivity contribution < 1.29 is 14.7 Å². The lowest BCUT2D eigenvalue weighted by Gasteiger charge is -2.19. The molecule has 2 N–H and O–H groups in total. The van der Waals surface area contributed by atoms with Gasteiger partial charge in [-0.1, -0.05) is 40.7 Å². The Bertz CT molecular complexity index is 501. The lowest BCUT2D eigenvalue weighted by Crippen LogP contribution is -2.41. The fraction of sp³-hybridized carbons (Fsp3) is 0.562. The first-order chi connectivity index (χ1) is 9.61. The molecule has 0 aliphatic heterocycles. The maximum absolute atomic E-state index is 12.1. The topological polar surface area (TPSA) is 79.3 Å². The normalized spacial score (nSPS) is 13.0. The zero-order valence-electron chi connectivity index (χ0n) is 13.3. The van der Waals surface area contributed by atoms with Gasteiger partial charge >= 0.3 is 5.97 Å². The molecule has 0 aliphatic carbocycles. The molecule has 0 bridgehead atoms. The molecule has 116 valence electrons. The van der Waals surface area contributed by atoms with Gasteiger partial charge in [0.15, 0.2) is 0 Å². The Balaban J connectivity index is 2.81. The molecule has 0 fully saturated rings. The fourth-order valence-corrected chi connectivity index (χ4v) is 1.90. The Labute approximate surface area is 125 Å². The van der Waals surface area contributed by atoms with Crippen LogP contribution in [0.3, 0.4) is 0 Å². The van der Waals surface area contributed by atoms with Crippen molar-refractivity contribution in [3.05, 3.63) is 29.6 Å². The van der Waals surface area contributed by atoms with E-state index in [1.54, 1.807) is 12.3 Å². The molecule has 1 amide bonds. The summed E-state index contributed by atoms with van der Waals surface area (Å²) in [4.78, 5) is 27.3. The summed E-state index contributed by atoms with van der Waals surface area (Å²) in [6, 6.07) is 2.59. The number of pyridine rings is 1. The highest BCUT2D eigenvalue weighted by atomic mass is 16.4. The Morgan fingerprint density at radius 1 is 1.29 bits per heavy atom. The Morgan fingerprint density at radius 3 is 2.29 bits per heavy atom. The molecule has 0 saturated carbocycles. The highest BCUT2D eigenvalue weighted by Crippen LogP contribution is 2.21. The zero-order valence-corrected chi connectivity index (χ0v) is 13.3. The van der Waals surface area contributed by atoms with Crippen molar-refractivity contribution in [2.24, 2.45) is 5.92 Å². The van der Waals surface area contributed by atoms with Gasteiger partial charge in [-0.2, -0.15) is 0 Å². The largest absolute Gasteiger partial charge is 0.480 e. The third kappa shape index (κ3) is 5.17. The van der Waals surface area contributed by atoms with Crippen molar-refractivity contribution in [2.45, 2.75) is 52.5 Å². The van der Waals surface area contributed by atoms with E-state index in [1.165, 1.54) is 0 Å². The standard InChI is InChI=1S/C16H24N2O3/c1-10(2)8-13(15(20)21)18-14(19)12-7-6-11(9-17-12)16(3,4)5/h6-7,9-10,13H,8H2,1-5H3,(H,18,19)(H,20,21)/t13-/m0/s1. The molecule has 0 aromatic carbocycles. The maximum atomic E-state index is 12.1. The van der Waals surface area contributed by atoms with Crippen molar-refractivity contribution in [3.63, 3.8) is 0 Å². The van der Waals surface area contributed by atoms with Crippen LogP contribution in [-0.4, -0.2) is 28.0 Å². The molecule has 1 heterocycles. The number of aromatic nitrogens is 1. The van der Waals surface area contributed by atoms with E-state index in [4.69, 9.17) is 5.11 Å². The molecule has 0 aliphatic rings. The van der Waals surface area contributed by atoms with Gasteiger partial charge in [-0.3, -0.25) is 9.78 Å². The Kier molecular flexibility index (Phi) is 5.47. The SMILES string of the molecule is CC(C)C[C@H](NC(=O)c1ccc(C(C)(C)C)cn1)C(=O)O. The summed E-state index contributed by atoms with van der Waals surface area (Å²) in [5.74, 6) is -1.30. The summed E-state index contributed by atoms with van der Waals surface area (Å²) in [5.41, 5.74) is 1.22. The second-order valence-corrected chi connectivity index (χ2v) is 6.68. The van der Waals surface area contributed by atoms with Crippen LogP contribution in [-0.2, 0) is 10.2 Å². The summed E-state index contributed by atoms with van der Waals surface area (Å²) >= 11 is 0. The minimum Gasteiger partial charge on any atom is -0.480 e. The molecule has 1 atom stereocenters. The number of nitrogens with one attached hydrogen (secondary N) is 1. The number of aliphatic carboxylic acids is 1. The third-order valence-electron chi connectivity index (χ3n) is 3.17. The number of carbonyl (C=O) groups is 2. The average molecular weight is 292 g/mol. The van der Waals surface area contributed by atoms with Gasteiger partial charge in [0.05, 0.1) is 0 Å². The van der Waals surface area contributed by atoms with Crippen LogP contribution >= 0.6 is 0 Å². The van der Waals surface area contributed by atoms with Gasteiger partial charge in [-0.25, -0.2) is 4.79 Å². The van der Waals surface area contributed by atoms with Crippen LogP contribution < -0.4 is 5.32 Å². The average Bonchev–Trinajstić information content (AvgIpc) is 2.36. The molecule has 5 heteroatoms. The molecule has 1 aromatic heterocycles. The second kappa shape index (κ2) is 6.70. The molecule has 5 nitrogen and oxygen atoms in total. The van der Waals surface area contributed by atoms with E-state index in [1.807, 2.05) is 19.9 Å². The van der Waals surface area contributed by atoms with Crippen LogP contribution in [0.15, 0.2) is 18.3 Å². The number of nitrogens with zero attached hydrogens (tertiary/aromatic N) is 1. The minimum absolute atomic E-state index is 0.0384. The number of rotatable bonds is 5. The molecule has 0 radical (unpaired) electrons. The molecular weight excluding hydrogens is 268 g/mol. The molecule has 0 saturated heterocycles. The van der Waals surface area contributed by atoms with Gasteiger partial charge in [-0.15, -0.1) is 0 Å². The monoisotopic (exact) mass is 292 g/mol. The van der Waals surface area contributed by atoms with Crippen molar-refractivity contribution in [3.8, 4) is 0 Å². The Hall–Kier alpha value is -1.91. The number of hydrogen-bond acceptors (Lipinski definition) is 3. The summed E-state index contributed by atoms with van der Waals surface area (Å²) < 4.78 is 0. The molecular formula is C16H24N2O3. The van der Waals surface area contributed by atoms with Crippen molar-refractivity contribution in [2.75, 3.05) is 0 Å². The van der Waals surface area contributed by atoms with Crippen LogP contribution in [0.5, 0.6) is 0 Å². The van der Waals surface area contributed by atoms with E-state index in [9.17, 15) is 9.59 Å². The fourth-order valence-electron chi connectivity index (χ4n) is 1.90. The van der Waals surface area contributed by atoms with Crippen LogP contribution in [0.2, 0.25) is 0 Å². The molecule has 0 spiro atoms. The molecule has 0 unspecified atom stereocenters. The predicted octanol–water partition coefficient (Wildman–Crippen LogP) is 2.61. The zero-order chi connectivity index (χ0) is 16.2. The van der Waals surface area contributed by atoms with Crippen LogP contribution in [0.4, 0.5) is 0 Å². The van der Waals surface area contributed by atoms with E-state index in [0.29, 0.717) is 6.42 Å². The van der Waals surface area contributed by atoms with Crippen LogP contribution in [0.25, 0.3) is 0 Å². The molecule has 1 aromatic rings. The highest BCUT2D eigenvalue weighted by Gasteiger charge is 2.22. The van der Waals surface area contributed by atoms with E-state index in [-0.39, 0.29) is 17.0 Å². The number of carboxylic acid groups (broad SMARTS) is 1. The van der Waals surface area contributed by atoms with Crippen molar-refractivity contribution >= 4 is 11.9 Å². The number of hydrogen-bond donors (Lipinski definition) is 2. The summed E-state index contributed by atoms with van der Waals surface area (Å²) in [6.07, 6.45) is 2.05.